The SMILES string of the molecule is CCCCCCC(S)[Si]=C(O)C(O)OCC. The average molecular weight is 263 g/mol. The van der Waals surface area contributed by atoms with Gasteiger partial charge in [-0.05, 0) is 13.3 Å². The van der Waals surface area contributed by atoms with Crippen LogP contribution in [0, 0.1) is 0 Å². The zero-order valence-electron chi connectivity index (χ0n) is 10.1. The Balaban J connectivity index is 3.81. The number of hydrogen-bond acceptors (Lipinski definition) is 4. The number of rotatable bonds is 9. The Bertz CT molecular complexity index is 200. The number of hydrogen-bond donors (Lipinski definition) is 3. The van der Waals surface area contributed by atoms with Crippen LogP contribution in [0.25, 0.3) is 0 Å². The highest BCUT2D eigenvalue weighted by Gasteiger charge is 2.11. The number of thiol groups is 1. The van der Waals surface area contributed by atoms with E-state index in [-0.39, 0.29) is 19.4 Å². The molecule has 0 spiro atoms. The van der Waals surface area contributed by atoms with Gasteiger partial charge in [0, 0.05) is 11.5 Å². The van der Waals surface area contributed by atoms with Crippen molar-refractivity contribution in [3.63, 3.8) is 0 Å². The Morgan fingerprint density at radius 2 is 2.00 bits per heavy atom. The normalized spacial score (nSPS) is 16.1. The predicted molar refractivity (Wildman–Crippen MR) is 71.9 cm³/mol. The first-order valence-corrected chi connectivity index (χ1v) is 7.51. The average Bonchev–Trinajstić information content (AvgIpc) is 2.24. The minimum absolute atomic E-state index is 0.0114. The van der Waals surface area contributed by atoms with Crippen molar-refractivity contribution in [1.29, 1.82) is 0 Å². The lowest BCUT2D eigenvalue weighted by atomic mass is 10.2. The van der Waals surface area contributed by atoms with E-state index in [4.69, 9.17) is 4.74 Å². The van der Waals surface area contributed by atoms with Crippen molar-refractivity contribution in [2.24, 2.45) is 0 Å². The van der Waals surface area contributed by atoms with Gasteiger partial charge in [-0.3, -0.25) is 0 Å². The smallest absolute Gasteiger partial charge is 0.208 e. The van der Waals surface area contributed by atoms with Crippen LogP contribution in [0.4, 0.5) is 0 Å². The van der Waals surface area contributed by atoms with Gasteiger partial charge in [0.15, 0.2) is 0 Å². The fraction of sp³-hybridized carbons (Fsp3) is 0.909. The van der Waals surface area contributed by atoms with Crippen LogP contribution in [0.1, 0.15) is 46.0 Å². The van der Waals surface area contributed by atoms with Gasteiger partial charge in [-0.2, -0.15) is 12.6 Å². The first-order valence-electron chi connectivity index (χ1n) is 5.91. The van der Waals surface area contributed by atoms with Crippen LogP contribution in [-0.4, -0.2) is 42.5 Å². The van der Waals surface area contributed by atoms with Gasteiger partial charge in [-0.15, -0.1) is 0 Å². The maximum Gasteiger partial charge on any atom is 0.208 e. The van der Waals surface area contributed by atoms with Gasteiger partial charge < -0.3 is 14.9 Å². The summed E-state index contributed by atoms with van der Waals surface area (Å²) < 4.78 is 4.89. The second-order valence-corrected chi connectivity index (χ2v) is 6.31. The zero-order valence-corrected chi connectivity index (χ0v) is 12.0. The standard InChI is InChI=1S/C11H23O3SSi/c1-3-5-6-7-8-9(15)16-11(13)10(12)14-4-2/h9-10,12-13,15H,3-8H2,1-2H3. The summed E-state index contributed by atoms with van der Waals surface area (Å²) in [4.78, 5) is 0.131. The quantitative estimate of drug-likeness (QED) is 0.257. The summed E-state index contributed by atoms with van der Waals surface area (Å²) in [5.74, 6) is 0. The van der Waals surface area contributed by atoms with Crippen molar-refractivity contribution in [1.82, 2.24) is 0 Å². The number of aliphatic hydroxyl groups excluding tert-OH is 2. The Labute approximate surface area is 106 Å². The molecule has 95 valence electrons. The minimum atomic E-state index is -1.14. The van der Waals surface area contributed by atoms with E-state index in [0.717, 1.165) is 12.8 Å². The van der Waals surface area contributed by atoms with E-state index in [1.807, 2.05) is 0 Å². The van der Waals surface area contributed by atoms with E-state index in [0.29, 0.717) is 6.61 Å². The summed E-state index contributed by atoms with van der Waals surface area (Å²) >= 11 is 4.40. The van der Waals surface area contributed by atoms with Crippen LogP contribution in [0.3, 0.4) is 0 Å². The van der Waals surface area contributed by atoms with E-state index < -0.39 is 6.29 Å². The first kappa shape index (κ1) is 16.2. The fourth-order valence-electron chi connectivity index (χ4n) is 1.32. The minimum Gasteiger partial charge on any atom is -0.513 e. The molecule has 0 aliphatic rings. The van der Waals surface area contributed by atoms with Crippen LogP contribution < -0.4 is 0 Å². The summed E-state index contributed by atoms with van der Waals surface area (Å²) in [5, 5.41) is 18.9. The highest BCUT2D eigenvalue weighted by atomic mass is 32.1. The van der Waals surface area contributed by atoms with E-state index in [1.54, 1.807) is 6.92 Å². The number of unbranched alkanes of at least 4 members (excludes halogenated alkanes) is 3. The molecule has 0 aromatic carbocycles. The molecule has 1 radical (unpaired) electrons. The molecule has 0 amide bonds. The molecule has 5 heteroatoms. The summed E-state index contributed by atoms with van der Waals surface area (Å²) in [6.45, 7) is 4.35. The van der Waals surface area contributed by atoms with Crippen molar-refractivity contribution in [3.8, 4) is 0 Å². The Morgan fingerprint density at radius 3 is 2.56 bits per heavy atom. The highest BCUT2D eigenvalue weighted by Crippen LogP contribution is 2.08. The molecule has 0 aromatic rings. The molecule has 0 saturated heterocycles. The van der Waals surface area contributed by atoms with E-state index >= 15 is 0 Å². The Hall–Kier alpha value is 0.157. The largest absolute Gasteiger partial charge is 0.513 e. The zero-order chi connectivity index (χ0) is 12.4. The van der Waals surface area contributed by atoms with Gasteiger partial charge >= 0.3 is 0 Å². The van der Waals surface area contributed by atoms with Gasteiger partial charge in [0.25, 0.3) is 0 Å². The Morgan fingerprint density at radius 1 is 1.31 bits per heavy atom. The molecule has 0 fully saturated rings. The summed E-state index contributed by atoms with van der Waals surface area (Å²) in [6.07, 6.45) is 4.65. The third kappa shape index (κ3) is 8.33. The summed E-state index contributed by atoms with van der Waals surface area (Å²) in [5.41, 5.74) is 0. The Kier molecular flexibility index (Phi) is 10.4. The molecular weight excluding hydrogens is 240 g/mol. The van der Waals surface area contributed by atoms with Crippen LogP contribution in [-0.2, 0) is 4.74 Å². The molecule has 16 heavy (non-hydrogen) atoms. The predicted octanol–water partition coefficient (Wildman–Crippen LogP) is 1.77. The second-order valence-electron chi connectivity index (χ2n) is 3.70. The third-order valence-corrected chi connectivity index (χ3v) is 4.01. The first-order chi connectivity index (χ1) is 7.61. The molecule has 2 unspecified atom stereocenters. The maximum atomic E-state index is 9.53. The molecule has 2 N–H and O–H groups in total. The molecular formula is C11H23O3SSi. The van der Waals surface area contributed by atoms with Gasteiger partial charge in [-0.25, -0.2) is 0 Å². The van der Waals surface area contributed by atoms with E-state index in [9.17, 15) is 10.2 Å². The van der Waals surface area contributed by atoms with Gasteiger partial charge in [0.2, 0.25) is 6.29 Å². The monoisotopic (exact) mass is 263 g/mol. The lowest BCUT2D eigenvalue weighted by molar-refractivity contribution is -0.0520. The van der Waals surface area contributed by atoms with Crippen LogP contribution >= 0.6 is 12.6 Å². The van der Waals surface area contributed by atoms with Crippen molar-refractivity contribution >= 4 is 27.1 Å². The molecule has 2 atom stereocenters. The van der Waals surface area contributed by atoms with Crippen LogP contribution in [0.5, 0.6) is 0 Å². The highest BCUT2D eigenvalue weighted by molar-refractivity contribution is 7.82. The van der Waals surface area contributed by atoms with Gasteiger partial charge in [0.1, 0.15) is 5.35 Å². The van der Waals surface area contributed by atoms with Crippen LogP contribution in [0.15, 0.2) is 0 Å². The number of aliphatic hydroxyl groups is 2. The van der Waals surface area contributed by atoms with Gasteiger partial charge in [0.05, 0.1) is 9.13 Å². The molecule has 0 aliphatic heterocycles. The van der Waals surface area contributed by atoms with Crippen molar-refractivity contribution in [2.75, 3.05) is 6.61 Å². The summed E-state index contributed by atoms with van der Waals surface area (Å²) in [6, 6.07) is 0. The topological polar surface area (TPSA) is 49.7 Å². The third-order valence-electron chi connectivity index (χ3n) is 2.20. The van der Waals surface area contributed by atoms with Crippen molar-refractivity contribution in [3.05, 3.63) is 0 Å². The van der Waals surface area contributed by atoms with E-state index in [1.165, 1.54) is 19.3 Å². The molecule has 0 heterocycles. The lowest BCUT2D eigenvalue weighted by Gasteiger charge is -2.11. The van der Waals surface area contributed by atoms with Gasteiger partial charge in [-0.1, -0.05) is 32.6 Å². The summed E-state index contributed by atoms with van der Waals surface area (Å²) in [7, 11) is 0.143. The van der Waals surface area contributed by atoms with Crippen molar-refractivity contribution < 1.29 is 14.9 Å². The van der Waals surface area contributed by atoms with E-state index in [2.05, 4.69) is 19.6 Å². The van der Waals surface area contributed by atoms with Crippen LogP contribution in [0.2, 0.25) is 0 Å². The molecule has 0 saturated carbocycles. The number of ether oxygens (including phenoxy) is 1. The fourth-order valence-corrected chi connectivity index (χ4v) is 2.81. The maximum absolute atomic E-state index is 9.53. The molecule has 0 aliphatic carbocycles. The lowest BCUT2D eigenvalue weighted by Crippen LogP contribution is -2.28. The molecule has 0 bridgehead atoms. The van der Waals surface area contributed by atoms with Crippen molar-refractivity contribution in [2.45, 2.75) is 57.1 Å². The molecule has 0 rings (SSSR count). The second kappa shape index (κ2) is 10.3. The molecule has 0 aromatic heterocycles. The molecule has 3 nitrogen and oxygen atoms in total.